The normalized spacial score (nSPS) is 11.0. The summed E-state index contributed by atoms with van der Waals surface area (Å²) in [5.74, 6) is 0.731. The van der Waals surface area contributed by atoms with Crippen LogP contribution in [0.1, 0.15) is 41.5 Å². The second-order valence-electron chi connectivity index (χ2n) is 6.06. The van der Waals surface area contributed by atoms with Gasteiger partial charge < -0.3 is 9.84 Å². The number of anilines is 1. The van der Waals surface area contributed by atoms with Gasteiger partial charge in [0.15, 0.2) is 5.82 Å². The Morgan fingerprint density at radius 3 is 2.81 bits per heavy atom. The molecular weight excluding hydrogens is 420 g/mol. The van der Waals surface area contributed by atoms with Crippen molar-refractivity contribution >= 4 is 39.1 Å². The average molecular weight is 436 g/mol. The molecule has 0 spiro atoms. The summed E-state index contributed by atoms with van der Waals surface area (Å²) >= 11 is 9.36. The van der Waals surface area contributed by atoms with E-state index >= 15 is 0 Å². The van der Waals surface area contributed by atoms with E-state index in [0.717, 1.165) is 5.56 Å². The summed E-state index contributed by atoms with van der Waals surface area (Å²) in [5.41, 5.74) is 2.37. The molecule has 26 heavy (non-hydrogen) atoms. The van der Waals surface area contributed by atoms with Crippen LogP contribution in [0.15, 0.2) is 39.5 Å². The Hall–Kier alpha value is -2.25. The van der Waals surface area contributed by atoms with Crippen molar-refractivity contribution in [1.82, 2.24) is 15.1 Å². The van der Waals surface area contributed by atoms with E-state index in [1.807, 2.05) is 39.0 Å². The van der Waals surface area contributed by atoms with Crippen molar-refractivity contribution in [3.63, 3.8) is 0 Å². The van der Waals surface area contributed by atoms with E-state index in [-0.39, 0.29) is 22.5 Å². The van der Waals surface area contributed by atoms with Crippen molar-refractivity contribution in [3.8, 4) is 11.5 Å². The van der Waals surface area contributed by atoms with Crippen molar-refractivity contribution < 1.29 is 9.32 Å². The van der Waals surface area contributed by atoms with E-state index in [9.17, 15) is 4.79 Å². The molecule has 0 bridgehead atoms. The summed E-state index contributed by atoms with van der Waals surface area (Å²) in [6, 6.07) is 7.19. The zero-order chi connectivity index (χ0) is 18.8. The predicted octanol–water partition coefficient (Wildman–Crippen LogP) is 5.23. The van der Waals surface area contributed by atoms with Gasteiger partial charge >= 0.3 is 0 Å². The number of carbonyl (C=O) groups is 1. The summed E-state index contributed by atoms with van der Waals surface area (Å²) < 4.78 is 6.04. The highest BCUT2D eigenvalue weighted by atomic mass is 79.9. The van der Waals surface area contributed by atoms with Crippen molar-refractivity contribution in [2.75, 3.05) is 5.32 Å². The molecular formula is C18H16BrClN4O2. The van der Waals surface area contributed by atoms with Gasteiger partial charge in [0.05, 0.1) is 16.8 Å². The number of benzene rings is 1. The van der Waals surface area contributed by atoms with Gasteiger partial charge in [-0.1, -0.05) is 42.7 Å². The standard InChI is InChI=1S/C18H16BrClN4O2/c1-9(2)16-23-18(26-24-16)12-6-4-5-10(3)14(12)22-17(25)13-7-11(19)8-21-15(13)20/h4-9H,1-3H3,(H,22,25). The van der Waals surface area contributed by atoms with Gasteiger partial charge in [0.25, 0.3) is 11.8 Å². The van der Waals surface area contributed by atoms with Crippen LogP contribution in [0.25, 0.3) is 11.5 Å². The van der Waals surface area contributed by atoms with E-state index < -0.39 is 0 Å². The highest BCUT2D eigenvalue weighted by molar-refractivity contribution is 9.10. The van der Waals surface area contributed by atoms with Gasteiger partial charge in [-0.15, -0.1) is 0 Å². The summed E-state index contributed by atoms with van der Waals surface area (Å²) in [7, 11) is 0. The molecule has 0 saturated carbocycles. The largest absolute Gasteiger partial charge is 0.334 e. The third-order valence-electron chi connectivity index (χ3n) is 3.75. The number of aromatic nitrogens is 3. The molecule has 3 aromatic rings. The third-order valence-corrected chi connectivity index (χ3v) is 4.49. The van der Waals surface area contributed by atoms with Gasteiger partial charge in [0.1, 0.15) is 5.15 Å². The monoisotopic (exact) mass is 434 g/mol. The van der Waals surface area contributed by atoms with Crippen LogP contribution in [-0.4, -0.2) is 21.0 Å². The summed E-state index contributed by atoms with van der Waals surface area (Å²) in [6.07, 6.45) is 1.53. The number of hydrogen-bond acceptors (Lipinski definition) is 5. The third kappa shape index (κ3) is 3.78. The Labute approximate surface area is 164 Å². The van der Waals surface area contributed by atoms with E-state index in [1.165, 1.54) is 6.20 Å². The first-order valence-electron chi connectivity index (χ1n) is 7.92. The van der Waals surface area contributed by atoms with Crippen molar-refractivity contribution in [2.45, 2.75) is 26.7 Å². The van der Waals surface area contributed by atoms with Crippen LogP contribution in [0, 0.1) is 6.92 Å². The van der Waals surface area contributed by atoms with Crippen LogP contribution in [0.4, 0.5) is 5.69 Å². The van der Waals surface area contributed by atoms with Crippen LogP contribution in [-0.2, 0) is 0 Å². The SMILES string of the molecule is Cc1cccc(-c2nc(C(C)C)no2)c1NC(=O)c1cc(Br)cnc1Cl. The molecule has 134 valence electrons. The molecule has 2 aromatic heterocycles. The zero-order valence-electron chi connectivity index (χ0n) is 14.4. The number of amides is 1. The fraction of sp³-hybridized carbons (Fsp3) is 0.222. The van der Waals surface area contributed by atoms with Crippen molar-refractivity contribution in [1.29, 1.82) is 0 Å². The minimum atomic E-state index is -0.372. The number of halogens is 2. The minimum absolute atomic E-state index is 0.126. The molecule has 1 amide bonds. The fourth-order valence-electron chi connectivity index (χ4n) is 2.35. The molecule has 1 N–H and O–H groups in total. The Balaban J connectivity index is 1.99. The first-order chi connectivity index (χ1) is 12.4. The second-order valence-corrected chi connectivity index (χ2v) is 7.33. The van der Waals surface area contributed by atoms with Crippen LogP contribution in [0.3, 0.4) is 0 Å². The first kappa shape index (κ1) is 18.5. The number of para-hydroxylation sites is 1. The number of nitrogens with one attached hydrogen (secondary N) is 1. The predicted molar refractivity (Wildman–Crippen MR) is 103 cm³/mol. The van der Waals surface area contributed by atoms with Crippen LogP contribution >= 0.6 is 27.5 Å². The molecule has 8 heteroatoms. The summed E-state index contributed by atoms with van der Waals surface area (Å²) in [4.78, 5) is 21.1. The number of aryl methyl sites for hydroxylation is 1. The lowest BCUT2D eigenvalue weighted by Crippen LogP contribution is -2.14. The van der Waals surface area contributed by atoms with Gasteiger partial charge in [-0.3, -0.25) is 4.79 Å². The highest BCUT2D eigenvalue weighted by Crippen LogP contribution is 2.31. The van der Waals surface area contributed by atoms with Crippen LogP contribution in [0.2, 0.25) is 5.15 Å². The van der Waals surface area contributed by atoms with E-state index in [1.54, 1.807) is 6.07 Å². The number of hydrogen-bond donors (Lipinski definition) is 1. The van der Waals surface area contributed by atoms with Crippen LogP contribution in [0.5, 0.6) is 0 Å². The number of pyridine rings is 1. The molecule has 1 aromatic carbocycles. The maximum atomic E-state index is 12.7. The number of carbonyl (C=O) groups excluding carboxylic acids is 1. The number of rotatable bonds is 4. The molecule has 0 atom stereocenters. The quantitative estimate of drug-likeness (QED) is 0.567. The Morgan fingerprint density at radius 1 is 1.35 bits per heavy atom. The molecule has 0 aliphatic carbocycles. The lowest BCUT2D eigenvalue weighted by atomic mass is 10.1. The molecule has 6 nitrogen and oxygen atoms in total. The Kier molecular flexibility index (Phi) is 5.38. The molecule has 0 fully saturated rings. The molecule has 0 saturated heterocycles. The van der Waals surface area contributed by atoms with E-state index in [4.69, 9.17) is 16.1 Å². The van der Waals surface area contributed by atoms with Gasteiger partial charge in [-0.25, -0.2) is 4.98 Å². The van der Waals surface area contributed by atoms with Crippen LogP contribution < -0.4 is 5.32 Å². The second kappa shape index (κ2) is 7.55. The average Bonchev–Trinajstić information content (AvgIpc) is 3.09. The molecule has 0 radical (unpaired) electrons. The molecule has 2 heterocycles. The van der Waals surface area contributed by atoms with E-state index in [2.05, 4.69) is 36.4 Å². The lowest BCUT2D eigenvalue weighted by Gasteiger charge is -2.12. The van der Waals surface area contributed by atoms with Gasteiger partial charge in [0.2, 0.25) is 0 Å². The maximum absolute atomic E-state index is 12.7. The van der Waals surface area contributed by atoms with Crippen molar-refractivity contribution in [2.24, 2.45) is 0 Å². The summed E-state index contributed by atoms with van der Waals surface area (Å²) in [6.45, 7) is 5.85. The Morgan fingerprint density at radius 2 is 2.12 bits per heavy atom. The topological polar surface area (TPSA) is 80.9 Å². The molecule has 0 aliphatic rings. The first-order valence-corrected chi connectivity index (χ1v) is 9.10. The maximum Gasteiger partial charge on any atom is 0.260 e. The lowest BCUT2D eigenvalue weighted by molar-refractivity contribution is 0.102. The van der Waals surface area contributed by atoms with E-state index in [0.29, 0.717) is 27.4 Å². The molecule has 0 unspecified atom stereocenters. The molecule has 3 rings (SSSR count). The highest BCUT2D eigenvalue weighted by Gasteiger charge is 2.19. The Bertz CT molecular complexity index is 972. The minimum Gasteiger partial charge on any atom is -0.334 e. The smallest absolute Gasteiger partial charge is 0.260 e. The molecule has 0 aliphatic heterocycles. The number of nitrogens with zero attached hydrogens (tertiary/aromatic N) is 3. The van der Waals surface area contributed by atoms with Gasteiger partial charge in [0, 0.05) is 16.6 Å². The zero-order valence-corrected chi connectivity index (χ0v) is 16.7. The summed E-state index contributed by atoms with van der Waals surface area (Å²) in [5, 5.41) is 7.00. The van der Waals surface area contributed by atoms with Gasteiger partial charge in [-0.2, -0.15) is 4.98 Å². The van der Waals surface area contributed by atoms with Gasteiger partial charge in [-0.05, 0) is 40.5 Å². The fourth-order valence-corrected chi connectivity index (χ4v) is 2.87. The van der Waals surface area contributed by atoms with Crippen molar-refractivity contribution in [3.05, 3.63) is 57.0 Å².